The van der Waals surface area contributed by atoms with Gasteiger partial charge in [-0.2, -0.15) is 14.8 Å². The zero-order valence-electron chi connectivity index (χ0n) is 9.61. The maximum atomic E-state index is 14.0. The lowest BCUT2D eigenvalue weighted by atomic mass is 9.99. The standard InChI is InChI=1S/C9H12ClFN4O4/c10-2-9(3-16)6(17)5(11)7(19-9)15-8(18)14-4(12)1-13-15/h1,5-7,16-17H,2-3H2,(H2,12,14,18). The highest BCUT2D eigenvalue weighted by Gasteiger charge is 2.56. The fourth-order valence-corrected chi connectivity index (χ4v) is 2.13. The second kappa shape index (κ2) is 5.00. The van der Waals surface area contributed by atoms with Gasteiger partial charge in [-0.25, -0.2) is 9.18 Å². The van der Waals surface area contributed by atoms with E-state index in [4.69, 9.17) is 22.1 Å². The molecule has 0 saturated carbocycles. The normalized spacial score (nSPS) is 34.6. The number of alkyl halides is 2. The monoisotopic (exact) mass is 294 g/mol. The topological polar surface area (TPSA) is 123 Å². The van der Waals surface area contributed by atoms with Crippen molar-refractivity contribution in [2.45, 2.75) is 24.1 Å². The van der Waals surface area contributed by atoms with Crippen molar-refractivity contribution >= 4 is 17.4 Å². The molecule has 19 heavy (non-hydrogen) atoms. The van der Waals surface area contributed by atoms with E-state index in [0.29, 0.717) is 4.68 Å². The number of nitrogen functional groups attached to an aromatic ring is 1. The molecular formula is C9H12ClFN4O4. The van der Waals surface area contributed by atoms with E-state index in [2.05, 4.69) is 10.1 Å². The Kier molecular flexibility index (Phi) is 3.72. The van der Waals surface area contributed by atoms with Crippen molar-refractivity contribution in [3.05, 3.63) is 16.7 Å². The summed E-state index contributed by atoms with van der Waals surface area (Å²) in [5.74, 6) is -0.473. The minimum atomic E-state index is -1.98. The van der Waals surface area contributed by atoms with Crippen molar-refractivity contribution in [2.24, 2.45) is 0 Å². The van der Waals surface area contributed by atoms with Gasteiger partial charge < -0.3 is 20.7 Å². The number of nitrogens with two attached hydrogens (primary N) is 1. The SMILES string of the molecule is Nc1cnn(C2OC(CO)(CCl)C(O)C2F)c(=O)n1. The third-order valence-corrected chi connectivity index (χ3v) is 3.39. The highest BCUT2D eigenvalue weighted by Crippen LogP contribution is 2.38. The van der Waals surface area contributed by atoms with Gasteiger partial charge in [-0.05, 0) is 0 Å². The molecule has 1 saturated heterocycles. The van der Waals surface area contributed by atoms with E-state index >= 15 is 0 Å². The second-order valence-electron chi connectivity index (χ2n) is 4.16. The number of hydrogen-bond acceptors (Lipinski definition) is 7. The van der Waals surface area contributed by atoms with Crippen LogP contribution in [0.5, 0.6) is 0 Å². The van der Waals surface area contributed by atoms with E-state index < -0.39 is 36.4 Å². The molecule has 1 aromatic rings. The summed E-state index contributed by atoms with van der Waals surface area (Å²) in [5, 5.41) is 22.6. The maximum Gasteiger partial charge on any atom is 0.368 e. The third-order valence-electron chi connectivity index (χ3n) is 2.94. The molecule has 0 aromatic carbocycles. The molecule has 4 N–H and O–H groups in total. The van der Waals surface area contributed by atoms with E-state index in [1.807, 2.05) is 0 Å². The average Bonchev–Trinajstić information content (AvgIpc) is 2.64. The Morgan fingerprint density at radius 2 is 2.37 bits per heavy atom. The lowest BCUT2D eigenvalue weighted by molar-refractivity contribution is -0.118. The molecule has 4 unspecified atom stereocenters. The third kappa shape index (κ3) is 2.18. The van der Waals surface area contributed by atoms with Gasteiger partial charge in [-0.1, -0.05) is 0 Å². The average molecular weight is 295 g/mol. The first-order valence-corrected chi connectivity index (χ1v) is 5.87. The first-order valence-electron chi connectivity index (χ1n) is 5.33. The number of anilines is 1. The van der Waals surface area contributed by atoms with E-state index in [-0.39, 0.29) is 11.7 Å². The predicted molar refractivity (Wildman–Crippen MR) is 62.3 cm³/mol. The number of aromatic nitrogens is 3. The Labute approximate surface area is 111 Å². The summed E-state index contributed by atoms with van der Waals surface area (Å²) in [5.41, 5.74) is 2.65. The number of aliphatic hydroxyl groups excluding tert-OH is 2. The van der Waals surface area contributed by atoms with Gasteiger partial charge in [0.15, 0.2) is 12.4 Å². The summed E-state index contributed by atoms with van der Waals surface area (Å²) < 4.78 is 19.8. The van der Waals surface area contributed by atoms with Gasteiger partial charge in [0, 0.05) is 0 Å². The molecule has 0 bridgehead atoms. The molecule has 1 aromatic heterocycles. The van der Waals surface area contributed by atoms with Crippen molar-refractivity contribution in [2.75, 3.05) is 18.2 Å². The van der Waals surface area contributed by atoms with Crippen LogP contribution in [0.1, 0.15) is 6.23 Å². The number of hydrogen-bond donors (Lipinski definition) is 3. The number of nitrogens with zero attached hydrogens (tertiary/aromatic N) is 3. The van der Waals surface area contributed by atoms with Gasteiger partial charge in [0.2, 0.25) is 0 Å². The van der Waals surface area contributed by atoms with Gasteiger partial charge in [0.05, 0.1) is 18.7 Å². The zero-order valence-corrected chi connectivity index (χ0v) is 10.4. The first-order chi connectivity index (χ1) is 8.95. The second-order valence-corrected chi connectivity index (χ2v) is 4.43. The van der Waals surface area contributed by atoms with Gasteiger partial charge in [0.1, 0.15) is 17.5 Å². The van der Waals surface area contributed by atoms with Gasteiger partial charge in [-0.15, -0.1) is 11.6 Å². The maximum absolute atomic E-state index is 14.0. The van der Waals surface area contributed by atoms with E-state index in [1.54, 1.807) is 0 Å². The molecule has 0 amide bonds. The Bertz CT molecular complexity index is 523. The van der Waals surface area contributed by atoms with Crippen LogP contribution in [0.4, 0.5) is 10.2 Å². The van der Waals surface area contributed by atoms with Gasteiger partial charge in [0.25, 0.3) is 0 Å². The molecule has 1 fully saturated rings. The molecule has 8 nitrogen and oxygen atoms in total. The van der Waals surface area contributed by atoms with Crippen LogP contribution < -0.4 is 11.4 Å². The molecule has 1 aliphatic rings. The lowest BCUT2D eigenvalue weighted by Crippen LogP contribution is -2.47. The van der Waals surface area contributed by atoms with Crippen LogP contribution in [-0.2, 0) is 4.74 Å². The molecule has 1 aliphatic heterocycles. The van der Waals surface area contributed by atoms with Crippen molar-refractivity contribution in [3.63, 3.8) is 0 Å². The van der Waals surface area contributed by atoms with Crippen LogP contribution >= 0.6 is 11.6 Å². The van der Waals surface area contributed by atoms with E-state index in [0.717, 1.165) is 6.20 Å². The quantitative estimate of drug-likeness (QED) is 0.575. The Morgan fingerprint density at radius 3 is 2.84 bits per heavy atom. The highest BCUT2D eigenvalue weighted by molar-refractivity contribution is 6.18. The minimum absolute atomic E-state index is 0.124. The molecule has 0 aliphatic carbocycles. The molecule has 2 heterocycles. The Morgan fingerprint density at radius 1 is 1.68 bits per heavy atom. The fraction of sp³-hybridized carbons (Fsp3) is 0.667. The van der Waals surface area contributed by atoms with E-state index in [9.17, 15) is 19.4 Å². The molecular weight excluding hydrogens is 283 g/mol. The van der Waals surface area contributed by atoms with Crippen LogP contribution in [-0.4, -0.2) is 55.3 Å². The lowest BCUT2D eigenvalue weighted by Gasteiger charge is -2.26. The fourth-order valence-electron chi connectivity index (χ4n) is 1.83. The Hall–Kier alpha value is -1.29. The molecule has 106 valence electrons. The molecule has 0 radical (unpaired) electrons. The number of ether oxygens (including phenoxy) is 1. The van der Waals surface area contributed by atoms with Crippen LogP contribution in [0, 0.1) is 0 Å². The van der Waals surface area contributed by atoms with Crippen molar-refractivity contribution < 1.29 is 19.3 Å². The van der Waals surface area contributed by atoms with Crippen LogP contribution in [0.15, 0.2) is 11.0 Å². The number of halogens is 2. The van der Waals surface area contributed by atoms with Crippen LogP contribution in [0.3, 0.4) is 0 Å². The summed E-state index contributed by atoms with van der Waals surface area (Å²) in [6.07, 6.45) is -4.15. The highest BCUT2D eigenvalue weighted by atomic mass is 35.5. The summed E-state index contributed by atoms with van der Waals surface area (Å²) in [6, 6.07) is 0. The Balaban J connectivity index is 2.39. The summed E-state index contributed by atoms with van der Waals surface area (Å²) >= 11 is 5.59. The van der Waals surface area contributed by atoms with Crippen molar-refractivity contribution in [1.82, 2.24) is 14.8 Å². The van der Waals surface area contributed by atoms with Gasteiger partial charge in [-0.3, -0.25) is 0 Å². The predicted octanol–water partition coefficient (Wildman–Crippen LogP) is -1.58. The summed E-state index contributed by atoms with van der Waals surface area (Å²) in [7, 11) is 0. The summed E-state index contributed by atoms with van der Waals surface area (Å²) in [6.45, 7) is -0.703. The minimum Gasteiger partial charge on any atom is -0.393 e. The zero-order chi connectivity index (χ0) is 14.2. The molecule has 10 heteroatoms. The van der Waals surface area contributed by atoms with Gasteiger partial charge >= 0.3 is 5.69 Å². The largest absolute Gasteiger partial charge is 0.393 e. The smallest absolute Gasteiger partial charge is 0.368 e. The number of rotatable bonds is 3. The summed E-state index contributed by atoms with van der Waals surface area (Å²) in [4.78, 5) is 14.9. The first kappa shape index (κ1) is 14.1. The van der Waals surface area contributed by atoms with Crippen molar-refractivity contribution in [1.29, 1.82) is 0 Å². The molecule has 4 atom stereocenters. The molecule has 0 spiro atoms. The van der Waals surface area contributed by atoms with E-state index in [1.165, 1.54) is 0 Å². The van der Waals surface area contributed by atoms with Crippen LogP contribution in [0.25, 0.3) is 0 Å². The van der Waals surface area contributed by atoms with Crippen LogP contribution in [0.2, 0.25) is 0 Å². The number of aliphatic hydroxyl groups is 2. The van der Waals surface area contributed by atoms with Crippen molar-refractivity contribution in [3.8, 4) is 0 Å². The molecule has 2 rings (SSSR count).